The van der Waals surface area contributed by atoms with Crippen LogP contribution in [0.25, 0.3) is 0 Å². The quantitative estimate of drug-likeness (QED) is 0.676. The summed E-state index contributed by atoms with van der Waals surface area (Å²) in [5.41, 5.74) is 2.49. The number of anilines is 1. The van der Waals surface area contributed by atoms with E-state index in [2.05, 4.69) is 38.2 Å². The second-order valence-corrected chi connectivity index (χ2v) is 7.50. The molecule has 2 aromatic carbocycles. The number of carbonyl (C=O) groups is 2. The summed E-state index contributed by atoms with van der Waals surface area (Å²) in [6.07, 6.45) is 0.763. The number of nitrogens with one attached hydrogen (secondary N) is 1. The zero-order valence-electron chi connectivity index (χ0n) is 16.1. The Kier molecular flexibility index (Phi) is 6.99. The van der Waals surface area contributed by atoms with E-state index in [9.17, 15) is 9.59 Å². The van der Waals surface area contributed by atoms with Gasteiger partial charge < -0.3 is 15.2 Å². The standard InChI is InChI=1S/C22H27NO4/c1-22(2,3)17-10-12-18(13-11-17)27-14-6-9-20(24)23-19-8-5-4-7-16(19)15-21(25)26/h4-5,7-8,10-13H,6,9,14-15H2,1-3H3,(H,23,24)(H,25,26). The summed E-state index contributed by atoms with van der Waals surface area (Å²) in [6, 6.07) is 14.9. The van der Waals surface area contributed by atoms with E-state index in [4.69, 9.17) is 9.84 Å². The van der Waals surface area contributed by atoms with Crippen molar-refractivity contribution in [1.29, 1.82) is 0 Å². The molecule has 1 amide bonds. The van der Waals surface area contributed by atoms with Crippen molar-refractivity contribution in [2.75, 3.05) is 11.9 Å². The number of carboxylic acids is 1. The van der Waals surface area contributed by atoms with E-state index in [0.717, 1.165) is 5.75 Å². The average Bonchev–Trinajstić information content (AvgIpc) is 2.60. The Morgan fingerprint density at radius 2 is 1.70 bits per heavy atom. The number of carboxylic acid groups (broad SMARTS) is 1. The summed E-state index contributed by atoms with van der Waals surface area (Å²) in [5.74, 6) is -0.294. The van der Waals surface area contributed by atoms with E-state index in [1.54, 1.807) is 24.3 Å². The summed E-state index contributed by atoms with van der Waals surface area (Å²) in [6.45, 7) is 6.93. The lowest BCUT2D eigenvalue weighted by molar-refractivity contribution is -0.136. The lowest BCUT2D eigenvalue weighted by Gasteiger charge is -2.19. The molecule has 0 bridgehead atoms. The Morgan fingerprint density at radius 1 is 1.04 bits per heavy atom. The second kappa shape index (κ2) is 9.21. The molecule has 2 rings (SSSR count). The van der Waals surface area contributed by atoms with E-state index in [0.29, 0.717) is 30.7 Å². The van der Waals surface area contributed by atoms with Crippen LogP contribution < -0.4 is 10.1 Å². The van der Waals surface area contributed by atoms with Gasteiger partial charge in [-0.05, 0) is 41.2 Å². The van der Waals surface area contributed by atoms with E-state index >= 15 is 0 Å². The van der Waals surface area contributed by atoms with Gasteiger partial charge in [-0.3, -0.25) is 9.59 Å². The number of amides is 1. The summed E-state index contributed by atoms with van der Waals surface area (Å²) >= 11 is 0. The number of hydrogen-bond donors (Lipinski definition) is 2. The van der Waals surface area contributed by atoms with Gasteiger partial charge in [0.05, 0.1) is 13.0 Å². The first-order valence-corrected chi connectivity index (χ1v) is 9.08. The first kappa shape index (κ1) is 20.5. The van der Waals surface area contributed by atoms with Gasteiger partial charge in [0.2, 0.25) is 5.91 Å². The van der Waals surface area contributed by atoms with Crippen LogP contribution in [0.3, 0.4) is 0 Å². The highest BCUT2D eigenvalue weighted by atomic mass is 16.5. The van der Waals surface area contributed by atoms with Gasteiger partial charge >= 0.3 is 5.97 Å². The van der Waals surface area contributed by atoms with Crippen LogP contribution in [0.1, 0.15) is 44.7 Å². The highest BCUT2D eigenvalue weighted by Crippen LogP contribution is 2.24. The molecule has 27 heavy (non-hydrogen) atoms. The van der Waals surface area contributed by atoms with E-state index in [1.807, 2.05) is 12.1 Å². The monoisotopic (exact) mass is 369 g/mol. The van der Waals surface area contributed by atoms with Crippen molar-refractivity contribution in [2.24, 2.45) is 0 Å². The van der Waals surface area contributed by atoms with Crippen LogP contribution in [0, 0.1) is 0 Å². The molecule has 0 fully saturated rings. The van der Waals surface area contributed by atoms with Crippen LogP contribution in [0.2, 0.25) is 0 Å². The molecule has 5 nitrogen and oxygen atoms in total. The van der Waals surface area contributed by atoms with Gasteiger partial charge in [0.15, 0.2) is 0 Å². The van der Waals surface area contributed by atoms with Crippen molar-refractivity contribution in [3.63, 3.8) is 0 Å². The molecule has 0 saturated heterocycles. The number of benzene rings is 2. The number of carbonyl (C=O) groups excluding carboxylic acids is 1. The number of ether oxygens (including phenoxy) is 1. The van der Waals surface area contributed by atoms with E-state index in [-0.39, 0.29) is 17.7 Å². The molecule has 2 aromatic rings. The Morgan fingerprint density at radius 3 is 2.33 bits per heavy atom. The minimum atomic E-state index is -0.928. The number of hydrogen-bond acceptors (Lipinski definition) is 3. The smallest absolute Gasteiger partial charge is 0.307 e. The molecule has 0 saturated carbocycles. The molecule has 0 radical (unpaired) electrons. The lowest BCUT2D eigenvalue weighted by atomic mass is 9.87. The van der Waals surface area contributed by atoms with Crippen LogP contribution >= 0.6 is 0 Å². The summed E-state index contributed by atoms with van der Waals surface area (Å²) in [5, 5.41) is 11.7. The van der Waals surface area contributed by atoms with E-state index in [1.165, 1.54) is 5.56 Å². The van der Waals surface area contributed by atoms with Crippen molar-refractivity contribution in [3.05, 3.63) is 59.7 Å². The van der Waals surface area contributed by atoms with Crippen LogP contribution in [0.5, 0.6) is 5.75 Å². The van der Waals surface area contributed by atoms with Gasteiger partial charge in [-0.15, -0.1) is 0 Å². The Labute approximate surface area is 160 Å². The number of aliphatic carboxylic acids is 1. The molecule has 5 heteroatoms. The van der Waals surface area contributed by atoms with E-state index < -0.39 is 5.97 Å². The average molecular weight is 369 g/mol. The van der Waals surface area contributed by atoms with Crippen molar-refractivity contribution >= 4 is 17.6 Å². The van der Waals surface area contributed by atoms with Gasteiger partial charge in [-0.25, -0.2) is 0 Å². The zero-order valence-corrected chi connectivity index (χ0v) is 16.1. The summed E-state index contributed by atoms with van der Waals surface area (Å²) in [4.78, 5) is 23.0. The maximum Gasteiger partial charge on any atom is 0.307 e. The van der Waals surface area contributed by atoms with Gasteiger partial charge in [0.25, 0.3) is 0 Å². The topological polar surface area (TPSA) is 75.6 Å². The molecule has 0 aliphatic carbocycles. The molecule has 0 aliphatic heterocycles. The predicted octanol–water partition coefficient (Wildman–Crippen LogP) is 4.41. The minimum Gasteiger partial charge on any atom is -0.494 e. The van der Waals surface area contributed by atoms with Gasteiger partial charge in [0.1, 0.15) is 5.75 Å². The zero-order chi connectivity index (χ0) is 19.9. The van der Waals surface area contributed by atoms with Crippen molar-refractivity contribution in [2.45, 2.75) is 45.4 Å². The first-order valence-electron chi connectivity index (χ1n) is 9.08. The maximum absolute atomic E-state index is 12.1. The van der Waals surface area contributed by atoms with Crippen molar-refractivity contribution in [3.8, 4) is 5.75 Å². The Balaban J connectivity index is 1.78. The Bertz CT molecular complexity index is 776. The predicted molar refractivity (Wildman–Crippen MR) is 106 cm³/mol. The van der Waals surface area contributed by atoms with Gasteiger partial charge in [-0.1, -0.05) is 51.1 Å². The largest absolute Gasteiger partial charge is 0.494 e. The fraction of sp³-hybridized carbons (Fsp3) is 0.364. The second-order valence-electron chi connectivity index (χ2n) is 7.50. The van der Waals surface area contributed by atoms with Gasteiger partial charge in [0, 0.05) is 12.1 Å². The molecule has 2 N–H and O–H groups in total. The third kappa shape index (κ3) is 6.77. The fourth-order valence-electron chi connectivity index (χ4n) is 2.65. The van der Waals surface area contributed by atoms with Crippen LogP contribution in [0.15, 0.2) is 48.5 Å². The molecule has 0 aliphatic rings. The van der Waals surface area contributed by atoms with Crippen molar-refractivity contribution < 1.29 is 19.4 Å². The van der Waals surface area contributed by atoms with Crippen LogP contribution in [0.4, 0.5) is 5.69 Å². The third-order valence-electron chi connectivity index (χ3n) is 4.17. The molecular formula is C22H27NO4. The Hall–Kier alpha value is -2.82. The maximum atomic E-state index is 12.1. The summed E-state index contributed by atoms with van der Waals surface area (Å²) < 4.78 is 5.69. The number of rotatable bonds is 8. The fourth-order valence-corrected chi connectivity index (χ4v) is 2.65. The highest BCUT2D eigenvalue weighted by Gasteiger charge is 2.13. The minimum absolute atomic E-state index is 0.105. The molecule has 0 spiro atoms. The van der Waals surface area contributed by atoms with Crippen LogP contribution in [-0.4, -0.2) is 23.6 Å². The molecule has 144 valence electrons. The lowest BCUT2D eigenvalue weighted by Crippen LogP contribution is -2.15. The molecule has 0 aromatic heterocycles. The van der Waals surface area contributed by atoms with Gasteiger partial charge in [-0.2, -0.15) is 0 Å². The van der Waals surface area contributed by atoms with Crippen molar-refractivity contribution in [1.82, 2.24) is 0 Å². The molecule has 0 atom stereocenters. The molecule has 0 heterocycles. The molecular weight excluding hydrogens is 342 g/mol. The highest BCUT2D eigenvalue weighted by molar-refractivity contribution is 5.92. The van der Waals surface area contributed by atoms with Crippen LogP contribution in [-0.2, 0) is 21.4 Å². The summed E-state index contributed by atoms with van der Waals surface area (Å²) in [7, 11) is 0. The normalized spacial score (nSPS) is 11.1. The molecule has 0 unspecified atom stereocenters. The third-order valence-corrected chi connectivity index (χ3v) is 4.17. The first-order chi connectivity index (χ1) is 12.8. The number of para-hydroxylation sites is 1. The SMILES string of the molecule is CC(C)(C)c1ccc(OCCCC(=O)Nc2ccccc2CC(=O)O)cc1.